The van der Waals surface area contributed by atoms with Crippen LogP contribution in [0.25, 0.3) is 6.08 Å². The van der Waals surface area contributed by atoms with Crippen molar-refractivity contribution in [1.82, 2.24) is 9.88 Å². The molecule has 0 radical (unpaired) electrons. The van der Waals surface area contributed by atoms with Gasteiger partial charge in [0.15, 0.2) is 5.11 Å². The lowest BCUT2D eigenvalue weighted by atomic mass is 9.95. The lowest BCUT2D eigenvalue weighted by molar-refractivity contribution is -0.122. The molecule has 0 atom stereocenters. The second-order valence-corrected chi connectivity index (χ2v) is 9.22. The number of amides is 2. The number of aromatic nitrogens is 1. The molecule has 1 saturated heterocycles. The Morgan fingerprint density at radius 1 is 1.10 bits per heavy atom. The Labute approximate surface area is 190 Å². The van der Waals surface area contributed by atoms with E-state index in [4.69, 9.17) is 12.2 Å². The fourth-order valence-electron chi connectivity index (χ4n) is 4.49. The summed E-state index contributed by atoms with van der Waals surface area (Å²) in [5.74, 6) is -0.866. The molecular weight excluding hydrogens is 462 g/mol. The zero-order chi connectivity index (χ0) is 21.4. The van der Waals surface area contributed by atoms with Crippen LogP contribution in [-0.2, 0) is 9.59 Å². The Kier molecular flexibility index (Phi) is 5.93. The van der Waals surface area contributed by atoms with Gasteiger partial charge in [-0.1, -0.05) is 35.2 Å². The van der Waals surface area contributed by atoms with Crippen LogP contribution < -0.4 is 10.2 Å². The number of hydrogen-bond donors (Lipinski definition) is 1. The maximum Gasteiger partial charge on any atom is 0.270 e. The van der Waals surface area contributed by atoms with Crippen LogP contribution in [0, 0.1) is 13.8 Å². The summed E-state index contributed by atoms with van der Waals surface area (Å²) in [6.45, 7) is 4.16. The van der Waals surface area contributed by atoms with Crippen LogP contribution >= 0.6 is 28.1 Å². The number of aryl methyl sites for hydroxylation is 1. The van der Waals surface area contributed by atoms with Gasteiger partial charge in [0.2, 0.25) is 0 Å². The molecule has 156 valence electrons. The standard InChI is InChI=1S/C23H24BrN3O2S/c1-14-12-16(15(2)26(14)18-6-4-3-5-7-18)13-20-21(28)25-23(30)27(22(20)29)19-10-8-17(24)9-11-19/h8-13,18H,3-7H2,1-2H3,(H,25,28,30)/b20-13+. The number of nitrogens with one attached hydrogen (secondary N) is 1. The average Bonchev–Trinajstić information content (AvgIpc) is 3.00. The predicted molar refractivity (Wildman–Crippen MR) is 126 cm³/mol. The number of benzene rings is 1. The van der Waals surface area contributed by atoms with Crippen LogP contribution in [0.3, 0.4) is 0 Å². The normalized spacial score (nSPS) is 19.5. The van der Waals surface area contributed by atoms with Crippen LogP contribution in [0.15, 0.2) is 40.4 Å². The van der Waals surface area contributed by atoms with Gasteiger partial charge in [-0.15, -0.1) is 0 Å². The van der Waals surface area contributed by atoms with Crippen LogP contribution in [0.1, 0.15) is 55.1 Å². The molecule has 1 aliphatic carbocycles. The molecular formula is C23H24BrN3O2S. The summed E-state index contributed by atoms with van der Waals surface area (Å²) in [5, 5.41) is 2.75. The number of carbonyl (C=O) groups excluding carboxylic acids is 2. The van der Waals surface area contributed by atoms with E-state index in [0.717, 1.165) is 21.4 Å². The van der Waals surface area contributed by atoms with E-state index < -0.39 is 11.8 Å². The fraction of sp³-hybridized carbons (Fsp3) is 0.348. The molecule has 5 nitrogen and oxygen atoms in total. The quantitative estimate of drug-likeness (QED) is 0.369. The summed E-state index contributed by atoms with van der Waals surface area (Å²) in [5.41, 5.74) is 3.87. The second-order valence-electron chi connectivity index (χ2n) is 7.92. The third kappa shape index (κ3) is 3.88. The van der Waals surface area contributed by atoms with E-state index in [1.165, 1.54) is 37.0 Å². The molecule has 2 aliphatic rings. The van der Waals surface area contributed by atoms with Gasteiger partial charge in [0.25, 0.3) is 11.8 Å². The number of thiocarbonyl (C=S) groups is 1. The number of carbonyl (C=O) groups is 2. The highest BCUT2D eigenvalue weighted by Crippen LogP contribution is 2.33. The Morgan fingerprint density at radius 3 is 2.43 bits per heavy atom. The maximum absolute atomic E-state index is 13.2. The zero-order valence-electron chi connectivity index (χ0n) is 17.1. The van der Waals surface area contributed by atoms with Crippen molar-refractivity contribution in [2.24, 2.45) is 0 Å². The summed E-state index contributed by atoms with van der Waals surface area (Å²) in [4.78, 5) is 27.2. The van der Waals surface area contributed by atoms with Crippen LogP contribution in [0.4, 0.5) is 5.69 Å². The second kappa shape index (κ2) is 8.47. The summed E-state index contributed by atoms with van der Waals surface area (Å²) >= 11 is 8.68. The topological polar surface area (TPSA) is 54.3 Å². The Hall–Kier alpha value is -2.25. The number of anilines is 1. The monoisotopic (exact) mass is 485 g/mol. The molecule has 0 spiro atoms. The molecule has 4 rings (SSSR count). The third-order valence-corrected chi connectivity index (χ3v) is 6.76. The zero-order valence-corrected chi connectivity index (χ0v) is 19.5. The lowest BCUT2D eigenvalue weighted by Gasteiger charge is -2.29. The molecule has 1 aromatic heterocycles. The molecule has 1 aromatic carbocycles. The number of nitrogens with zero attached hydrogens (tertiary/aromatic N) is 2. The first-order valence-electron chi connectivity index (χ1n) is 10.2. The van der Waals surface area contributed by atoms with E-state index in [-0.39, 0.29) is 10.7 Å². The van der Waals surface area contributed by atoms with Crippen molar-refractivity contribution in [1.29, 1.82) is 0 Å². The fourth-order valence-corrected chi connectivity index (χ4v) is 5.03. The lowest BCUT2D eigenvalue weighted by Crippen LogP contribution is -2.54. The molecule has 7 heteroatoms. The first-order valence-corrected chi connectivity index (χ1v) is 11.4. The largest absolute Gasteiger partial charge is 0.346 e. The van der Waals surface area contributed by atoms with Gasteiger partial charge in [-0.2, -0.15) is 0 Å². The van der Waals surface area contributed by atoms with Gasteiger partial charge in [0.1, 0.15) is 5.57 Å². The maximum atomic E-state index is 13.2. The Bertz CT molecular complexity index is 1050. The SMILES string of the molecule is Cc1cc(/C=C2\C(=O)NC(=S)N(c3ccc(Br)cc3)C2=O)c(C)n1C1CCCCC1. The average molecular weight is 486 g/mol. The Balaban J connectivity index is 1.70. The Morgan fingerprint density at radius 2 is 1.77 bits per heavy atom. The summed E-state index contributed by atoms with van der Waals surface area (Å²) < 4.78 is 3.27. The van der Waals surface area contributed by atoms with Crippen molar-refractivity contribution in [3.63, 3.8) is 0 Å². The van der Waals surface area contributed by atoms with Gasteiger partial charge in [0.05, 0.1) is 5.69 Å². The molecule has 2 aromatic rings. The van der Waals surface area contributed by atoms with Gasteiger partial charge >= 0.3 is 0 Å². The molecule has 30 heavy (non-hydrogen) atoms. The van der Waals surface area contributed by atoms with Gasteiger partial charge < -0.3 is 4.57 Å². The molecule has 0 bridgehead atoms. The molecule has 1 saturated carbocycles. The van der Waals surface area contributed by atoms with E-state index in [1.807, 2.05) is 12.1 Å². The van der Waals surface area contributed by atoms with E-state index in [1.54, 1.807) is 18.2 Å². The van der Waals surface area contributed by atoms with Crippen LogP contribution in [0.5, 0.6) is 0 Å². The van der Waals surface area contributed by atoms with Gasteiger partial charge in [-0.3, -0.25) is 19.8 Å². The van der Waals surface area contributed by atoms with Crippen molar-refractivity contribution >= 4 is 56.8 Å². The number of halogens is 1. The molecule has 2 amide bonds. The summed E-state index contributed by atoms with van der Waals surface area (Å²) in [6, 6.07) is 9.81. The van der Waals surface area contributed by atoms with Gasteiger partial charge in [-0.05, 0) is 80.9 Å². The van der Waals surface area contributed by atoms with E-state index in [0.29, 0.717) is 11.7 Å². The molecule has 1 N–H and O–H groups in total. The minimum Gasteiger partial charge on any atom is -0.346 e. The van der Waals surface area contributed by atoms with Gasteiger partial charge in [-0.25, -0.2) is 0 Å². The summed E-state index contributed by atoms with van der Waals surface area (Å²) in [6.07, 6.45) is 7.85. The van der Waals surface area contributed by atoms with Gasteiger partial charge in [0, 0.05) is 21.9 Å². The first-order chi connectivity index (χ1) is 14.4. The minimum absolute atomic E-state index is 0.0930. The smallest absolute Gasteiger partial charge is 0.270 e. The highest BCUT2D eigenvalue weighted by atomic mass is 79.9. The van der Waals surface area contributed by atoms with E-state index in [9.17, 15) is 9.59 Å². The predicted octanol–water partition coefficient (Wildman–Crippen LogP) is 5.20. The molecule has 2 heterocycles. The third-order valence-electron chi connectivity index (χ3n) is 5.95. The van der Waals surface area contributed by atoms with Crippen molar-refractivity contribution in [2.75, 3.05) is 4.90 Å². The summed E-state index contributed by atoms with van der Waals surface area (Å²) in [7, 11) is 0. The highest BCUT2D eigenvalue weighted by molar-refractivity contribution is 9.10. The van der Waals surface area contributed by atoms with Crippen molar-refractivity contribution < 1.29 is 9.59 Å². The van der Waals surface area contributed by atoms with Crippen molar-refractivity contribution in [3.8, 4) is 0 Å². The number of hydrogen-bond acceptors (Lipinski definition) is 3. The molecule has 0 unspecified atom stereocenters. The first kappa shape index (κ1) is 21.0. The van der Waals surface area contributed by atoms with E-state index in [2.05, 4.69) is 45.7 Å². The minimum atomic E-state index is -0.458. The number of rotatable bonds is 3. The van der Waals surface area contributed by atoms with Crippen molar-refractivity contribution in [3.05, 3.63) is 57.3 Å². The molecule has 1 aliphatic heterocycles. The van der Waals surface area contributed by atoms with Crippen LogP contribution in [0.2, 0.25) is 0 Å². The van der Waals surface area contributed by atoms with Crippen LogP contribution in [-0.4, -0.2) is 21.5 Å². The highest BCUT2D eigenvalue weighted by Gasteiger charge is 2.34. The molecule has 2 fully saturated rings. The van der Waals surface area contributed by atoms with E-state index >= 15 is 0 Å². The van der Waals surface area contributed by atoms with Crippen molar-refractivity contribution in [2.45, 2.75) is 52.0 Å².